The normalized spacial score (nSPS) is 11.6. The quantitative estimate of drug-likeness (QED) is 0.542. The van der Waals surface area contributed by atoms with E-state index in [0.717, 1.165) is 0 Å². The van der Waals surface area contributed by atoms with Gasteiger partial charge in [-0.2, -0.15) is 0 Å². The molecule has 30 heavy (non-hydrogen) atoms. The molecule has 8 nitrogen and oxygen atoms in total. The minimum atomic E-state index is -0.801. The summed E-state index contributed by atoms with van der Waals surface area (Å²) in [4.78, 5) is 35.9. The predicted octanol–water partition coefficient (Wildman–Crippen LogP) is 3.70. The lowest BCUT2D eigenvalue weighted by Gasteiger charge is -2.13. The summed E-state index contributed by atoms with van der Waals surface area (Å²) in [7, 11) is 1.29. The molecule has 156 valence electrons. The smallest absolute Gasteiger partial charge is 0.347 e. The van der Waals surface area contributed by atoms with E-state index in [-0.39, 0.29) is 28.8 Å². The first-order chi connectivity index (χ1) is 14.4. The van der Waals surface area contributed by atoms with Crippen LogP contribution in [0.5, 0.6) is 17.2 Å². The third-order valence-corrected chi connectivity index (χ3v) is 4.15. The molecule has 0 aliphatic heterocycles. The van der Waals surface area contributed by atoms with E-state index in [1.807, 2.05) is 0 Å². The van der Waals surface area contributed by atoms with Crippen LogP contribution in [0.25, 0.3) is 11.0 Å². The van der Waals surface area contributed by atoms with E-state index >= 15 is 0 Å². The summed E-state index contributed by atoms with van der Waals surface area (Å²) in [5.74, 6) is -0.249. The molecule has 0 aliphatic carbocycles. The minimum absolute atomic E-state index is 0.0121. The summed E-state index contributed by atoms with van der Waals surface area (Å²) in [6.07, 6.45) is 0.391. The Hall–Kier alpha value is -3.81. The highest BCUT2D eigenvalue weighted by atomic mass is 16.6. The van der Waals surface area contributed by atoms with Crippen molar-refractivity contribution in [2.45, 2.75) is 20.0 Å². The number of benzene rings is 2. The van der Waals surface area contributed by atoms with Crippen molar-refractivity contribution in [3.8, 4) is 17.2 Å². The highest BCUT2D eigenvalue weighted by Gasteiger charge is 2.17. The fourth-order valence-electron chi connectivity index (χ4n) is 2.65. The third kappa shape index (κ3) is 4.60. The van der Waals surface area contributed by atoms with Crippen LogP contribution in [0.2, 0.25) is 0 Å². The molecule has 0 saturated carbocycles. The molecule has 2 aromatic carbocycles. The van der Waals surface area contributed by atoms with Gasteiger partial charge in [-0.1, -0.05) is 0 Å². The van der Waals surface area contributed by atoms with E-state index in [9.17, 15) is 14.4 Å². The van der Waals surface area contributed by atoms with E-state index in [2.05, 4.69) is 4.74 Å². The Morgan fingerprint density at radius 2 is 1.77 bits per heavy atom. The number of fused-ring (bicyclic) bond motifs is 1. The SMILES string of the molecule is CCOC(=O)[C@H](C)Oc1ccc2c(=O)c(Oc3ccc(C(=O)OC)cc3)coc2c1. The molecule has 0 amide bonds. The second-order valence-corrected chi connectivity index (χ2v) is 6.22. The van der Waals surface area contributed by atoms with E-state index < -0.39 is 18.0 Å². The van der Waals surface area contributed by atoms with E-state index in [1.165, 1.54) is 37.6 Å². The maximum absolute atomic E-state index is 12.7. The summed E-state index contributed by atoms with van der Waals surface area (Å²) < 4.78 is 26.2. The molecule has 0 unspecified atom stereocenters. The third-order valence-electron chi connectivity index (χ3n) is 4.15. The van der Waals surface area contributed by atoms with Crippen molar-refractivity contribution in [2.24, 2.45) is 0 Å². The highest BCUT2D eigenvalue weighted by Crippen LogP contribution is 2.25. The monoisotopic (exact) mass is 412 g/mol. The molecule has 0 fully saturated rings. The number of carbonyl (C=O) groups excluding carboxylic acids is 2. The van der Waals surface area contributed by atoms with Crippen molar-refractivity contribution in [3.63, 3.8) is 0 Å². The molecule has 0 spiro atoms. The van der Waals surface area contributed by atoms with E-state index in [4.69, 9.17) is 18.6 Å². The van der Waals surface area contributed by atoms with Crippen molar-refractivity contribution in [1.29, 1.82) is 0 Å². The van der Waals surface area contributed by atoms with Crippen LogP contribution in [0.3, 0.4) is 0 Å². The predicted molar refractivity (Wildman–Crippen MR) is 107 cm³/mol. The van der Waals surface area contributed by atoms with Crippen molar-refractivity contribution in [2.75, 3.05) is 13.7 Å². The molecule has 3 rings (SSSR count). The zero-order valence-electron chi connectivity index (χ0n) is 16.7. The zero-order chi connectivity index (χ0) is 21.7. The van der Waals surface area contributed by atoms with Gasteiger partial charge in [0.1, 0.15) is 23.3 Å². The average molecular weight is 412 g/mol. The fraction of sp³-hybridized carbons (Fsp3) is 0.227. The Morgan fingerprint density at radius 3 is 2.43 bits per heavy atom. The summed E-state index contributed by atoms with van der Waals surface area (Å²) in [6, 6.07) is 10.7. The number of hydrogen-bond donors (Lipinski definition) is 0. The Morgan fingerprint density at radius 1 is 1.07 bits per heavy atom. The Balaban J connectivity index is 1.80. The molecule has 1 heterocycles. The lowest BCUT2D eigenvalue weighted by atomic mass is 10.2. The molecule has 0 N–H and O–H groups in total. The van der Waals surface area contributed by atoms with Crippen molar-refractivity contribution >= 4 is 22.9 Å². The second-order valence-electron chi connectivity index (χ2n) is 6.22. The molecule has 0 saturated heterocycles. The fourth-order valence-corrected chi connectivity index (χ4v) is 2.65. The van der Waals surface area contributed by atoms with Gasteiger partial charge in [-0.25, -0.2) is 9.59 Å². The lowest BCUT2D eigenvalue weighted by molar-refractivity contribution is -0.150. The molecule has 3 aromatic rings. The minimum Gasteiger partial charge on any atom is -0.479 e. The standard InChI is InChI=1S/C22H20O8/c1-4-27-21(24)13(2)29-16-9-10-17-18(11-16)28-12-19(20(17)23)30-15-7-5-14(6-8-15)22(25)26-3/h5-13H,4H2,1-3H3/t13-/m0/s1. The van der Waals surface area contributed by atoms with Crippen LogP contribution in [-0.4, -0.2) is 31.8 Å². The lowest BCUT2D eigenvalue weighted by Crippen LogP contribution is -2.26. The van der Waals surface area contributed by atoms with Crippen LogP contribution >= 0.6 is 0 Å². The van der Waals surface area contributed by atoms with Gasteiger partial charge >= 0.3 is 11.9 Å². The topological polar surface area (TPSA) is 101 Å². The number of methoxy groups -OCH3 is 1. The van der Waals surface area contributed by atoms with Crippen LogP contribution in [-0.2, 0) is 14.3 Å². The summed E-state index contributed by atoms with van der Waals surface area (Å²) >= 11 is 0. The molecule has 0 aliphatic rings. The van der Waals surface area contributed by atoms with Gasteiger partial charge in [0.25, 0.3) is 0 Å². The van der Waals surface area contributed by atoms with E-state index in [1.54, 1.807) is 32.0 Å². The first-order valence-electron chi connectivity index (χ1n) is 9.18. The number of rotatable bonds is 7. The van der Waals surface area contributed by atoms with E-state index in [0.29, 0.717) is 17.1 Å². The van der Waals surface area contributed by atoms with Gasteiger partial charge in [0.15, 0.2) is 6.10 Å². The van der Waals surface area contributed by atoms with Gasteiger partial charge in [0.05, 0.1) is 24.7 Å². The molecule has 1 aromatic heterocycles. The van der Waals surface area contributed by atoms with Crippen molar-refractivity contribution in [1.82, 2.24) is 0 Å². The number of hydrogen-bond acceptors (Lipinski definition) is 8. The maximum atomic E-state index is 12.7. The van der Waals surface area contributed by atoms with Gasteiger partial charge in [-0.05, 0) is 50.2 Å². The number of ether oxygens (including phenoxy) is 4. The first-order valence-corrected chi connectivity index (χ1v) is 9.18. The molecule has 8 heteroatoms. The molecular formula is C22H20O8. The summed E-state index contributed by atoms with van der Waals surface area (Å²) in [5, 5.41) is 0.287. The molecule has 1 atom stereocenters. The second kappa shape index (κ2) is 9.13. The van der Waals surface area contributed by atoms with Crippen LogP contribution in [0.1, 0.15) is 24.2 Å². The van der Waals surface area contributed by atoms with Crippen molar-refractivity contribution in [3.05, 3.63) is 64.5 Å². The molecular weight excluding hydrogens is 392 g/mol. The largest absolute Gasteiger partial charge is 0.479 e. The van der Waals surface area contributed by atoms with Crippen LogP contribution in [0, 0.1) is 0 Å². The Labute approximate surface area is 171 Å². The number of carbonyl (C=O) groups is 2. The van der Waals surface area contributed by atoms with Gasteiger partial charge in [0.2, 0.25) is 11.2 Å². The van der Waals surface area contributed by atoms with Crippen LogP contribution in [0.4, 0.5) is 0 Å². The van der Waals surface area contributed by atoms with Crippen molar-refractivity contribution < 1.29 is 33.0 Å². The first kappa shape index (κ1) is 20.9. The average Bonchev–Trinajstić information content (AvgIpc) is 2.75. The molecule has 0 bridgehead atoms. The summed E-state index contributed by atoms with van der Waals surface area (Å²) in [5.41, 5.74) is 0.264. The molecule has 0 radical (unpaired) electrons. The number of esters is 2. The Bertz CT molecular complexity index is 1110. The summed E-state index contributed by atoms with van der Waals surface area (Å²) in [6.45, 7) is 3.54. The Kier molecular flexibility index (Phi) is 6.36. The van der Waals surface area contributed by atoms with Gasteiger partial charge in [0, 0.05) is 6.07 Å². The highest BCUT2D eigenvalue weighted by molar-refractivity contribution is 5.89. The van der Waals surface area contributed by atoms with Gasteiger partial charge < -0.3 is 23.4 Å². The zero-order valence-corrected chi connectivity index (χ0v) is 16.7. The van der Waals surface area contributed by atoms with Gasteiger partial charge in [-0.15, -0.1) is 0 Å². The van der Waals surface area contributed by atoms with Crippen LogP contribution in [0.15, 0.2) is 57.9 Å². The van der Waals surface area contributed by atoms with Crippen LogP contribution < -0.4 is 14.9 Å². The maximum Gasteiger partial charge on any atom is 0.347 e. The van der Waals surface area contributed by atoms with Gasteiger partial charge in [-0.3, -0.25) is 4.79 Å².